The summed E-state index contributed by atoms with van der Waals surface area (Å²) in [5.74, 6) is 0.509. The molecule has 1 saturated heterocycles. The van der Waals surface area contributed by atoms with Crippen LogP contribution in [0.15, 0.2) is 47.5 Å². The van der Waals surface area contributed by atoms with Gasteiger partial charge in [0.15, 0.2) is 15.0 Å². The number of carbonyl (C=O) groups excluding carboxylic acids is 1. The standard InChI is InChI=1S/C19H18ClN3O4S2/c1-27-16-6-5-13(8-14(16)20)21-18(24)11-3-2-4-12(7-11)22-19-23-15-9-29(25,26)10-17(15)28-19/h2-8,15,17H,9-10H2,1H3,(H,21,24)(H,22,23)/t15-,17+/m0/s1. The minimum atomic E-state index is -2.98. The van der Waals surface area contributed by atoms with Crippen LogP contribution < -0.4 is 15.4 Å². The number of ether oxygens (including phenoxy) is 1. The number of carbonyl (C=O) groups is 1. The maximum absolute atomic E-state index is 12.6. The predicted octanol–water partition coefficient (Wildman–Crippen LogP) is 3.28. The monoisotopic (exact) mass is 451 g/mol. The number of anilines is 2. The van der Waals surface area contributed by atoms with Crippen LogP contribution in [0.1, 0.15) is 10.4 Å². The van der Waals surface area contributed by atoms with Crippen molar-refractivity contribution >= 4 is 55.6 Å². The molecule has 0 saturated carbocycles. The van der Waals surface area contributed by atoms with E-state index < -0.39 is 9.84 Å². The summed E-state index contributed by atoms with van der Waals surface area (Å²) in [6.07, 6.45) is 0. The second-order valence-corrected chi connectivity index (χ2v) is 10.5. The van der Waals surface area contributed by atoms with E-state index in [0.717, 1.165) is 0 Å². The molecule has 2 atom stereocenters. The van der Waals surface area contributed by atoms with Crippen LogP contribution in [0.4, 0.5) is 11.4 Å². The molecule has 1 amide bonds. The molecule has 1 fully saturated rings. The van der Waals surface area contributed by atoms with Crippen LogP contribution in [0.25, 0.3) is 0 Å². The fourth-order valence-corrected chi connectivity index (χ4v) is 7.16. The van der Waals surface area contributed by atoms with Crippen molar-refractivity contribution in [3.05, 3.63) is 53.1 Å². The van der Waals surface area contributed by atoms with Gasteiger partial charge in [0.25, 0.3) is 5.91 Å². The molecule has 2 aromatic carbocycles. The summed E-state index contributed by atoms with van der Waals surface area (Å²) in [6.45, 7) is 0. The molecule has 4 rings (SSSR count). The molecule has 0 unspecified atom stereocenters. The van der Waals surface area contributed by atoms with E-state index in [9.17, 15) is 13.2 Å². The van der Waals surface area contributed by atoms with E-state index in [2.05, 4.69) is 15.6 Å². The van der Waals surface area contributed by atoms with E-state index >= 15 is 0 Å². The lowest BCUT2D eigenvalue weighted by atomic mass is 10.2. The number of sulfone groups is 1. The molecule has 2 aromatic rings. The summed E-state index contributed by atoms with van der Waals surface area (Å²) < 4.78 is 28.5. The summed E-state index contributed by atoms with van der Waals surface area (Å²) in [4.78, 5) is 17.1. The zero-order valence-electron chi connectivity index (χ0n) is 15.4. The molecule has 2 heterocycles. The van der Waals surface area contributed by atoms with Gasteiger partial charge in [-0.05, 0) is 36.4 Å². The Morgan fingerprint density at radius 1 is 1.21 bits per heavy atom. The van der Waals surface area contributed by atoms with Crippen molar-refractivity contribution in [2.75, 3.05) is 29.2 Å². The highest BCUT2D eigenvalue weighted by molar-refractivity contribution is 8.15. The molecule has 0 aliphatic carbocycles. The minimum Gasteiger partial charge on any atom is -0.495 e. The molecule has 29 heavy (non-hydrogen) atoms. The third-order valence-electron chi connectivity index (χ3n) is 4.60. The lowest BCUT2D eigenvalue weighted by Gasteiger charge is -2.10. The topological polar surface area (TPSA) is 96.9 Å². The molecule has 2 aliphatic heterocycles. The third kappa shape index (κ3) is 4.52. The number of hydrogen-bond donors (Lipinski definition) is 2. The van der Waals surface area contributed by atoms with Crippen molar-refractivity contribution in [2.45, 2.75) is 11.3 Å². The predicted molar refractivity (Wildman–Crippen MR) is 117 cm³/mol. The van der Waals surface area contributed by atoms with Gasteiger partial charge in [-0.15, -0.1) is 0 Å². The Bertz CT molecular complexity index is 1100. The number of aliphatic imine (C=N–C) groups is 1. The number of thioether (sulfide) groups is 1. The Hall–Kier alpha value is -2.23. The van der Waals surface area contributed by atoms with E-state index in [0.29, 0.717) is 32.9 Å². The maximum atomic E-state index is 12.6. The zero-order chi connectivity index (χ0) is 20.6. The summed E-state index contributed by atoms with van der Waals surface area (Å²) in [7, 11) is -1.46. The second-order valence-electron chi connectivity index (χ2n) is 6.74. The van der Waals surface area contributed by atoms with Gasteiger partial charge in [0.1, 0.15) is 5.75 Å². The summed E-state index contributed by atoms with van der Waals surface area (Å²) >= 11 is 7.53. The highest BCUT2D eigenvalue weighted by Gasteiger charge is 2.42. The molecule has 10 heteroatoms. The number of nitrogens with one attached hydrogen (secondary N) is 2. The third-order valence-corrected chi connectivity index (χ3v) is 8.04. The molecule has 2 aliphatic rings. The van der Waals surface area contributed by atoms with Crippen LogP contribution in [-0.4, -0.2) is 49.4 Å². The van der Waals surface area contributed by atoms with E-state index in [1.54, 1.807) is 36.4 Å². The fraction of sp³-hybridized carbons (Fsp3) is 0.263. The molecule has 0 aromatic heterocycles. The van der Waals surface area contributed by atoms with E-state index in [1.807, 2.05) is 6.07 Å². The molecule has 152 valence electrons. The van der Waals surface area contributed by atoms with Gasteiger partial charge >= 0.3 is 0 Å². The second kappa shape index (κ2) is 7.89. The van der Waals surface area contributed by atoms with Crippen LogP contribution in [-0.2, 0) is 9.84 Å². The molecular weight excluding hydrogens is 434 g/mol. The van der Waals surface area contributed by atoms with E-state index in [1.165, 1.54) is 18.9 Å². The van der Waals surface area contributed by atoms with Crippen molar-refractivity contribution in [1.29, 1.82) is 0 Å². The number of halogens is 1. The Morgan fingerprint density at radius 2 is 2.03 bits per heavy atom. The van der Waals surface area contributed by atoms with Crippen molar-refractivity contribution in [3.63, 3.8) is 0 Å². The van der Waals surface area contributed by atoms with Crippen molar-refractivity contribution in [2.24, 2.45) is 4.99 Å². The van der Waals surface area contributed by atoms with Gasteiger partial charge in [0.05, 0.1) is 29.7 Å². The number of benzene rings is 2. The SMILES string of the molecule is COc1ccc(NC(=O)c2cccc(NC3=N[C@H]4CS(=O)(=O)C[C@H]4S3)c2)cc1Cl. The molecule has 7 nitrogen and oxygen atoms in total. The van der Waals surface area contributed by atoms with Crippen LogP contribution in [0.3, 0.4) is 0 Å². The lowest BCUT2D eigenvalue weighted by molar-refractivity contribution is 0.102. The Morgan fingerprint density at radius 3 is 2.76 bits per heavy atom. The van der Waals surface area contributed by atoms with Crippen molar-refractivity contribution in [1.82, 2.24) is 0 Å². The number of amidine groups is 1. The Balaban J connectivity index is 1.44. The molecule has 0 radical (unpaired) electrons. The summed E-state index contributed by atoms with van der Waals surface area (Å²) in [5.41, 5.74) is 1.73. The number of methoxy groups -OCH3 is 1. The van der Waals surface area contributed by atoms with Gasteiger partial charge in [-0.25, -0.2) is 8.42 Å². The molecular formula is C19H18ClN3O4S2. The zero-order valence-corrected chi connectivity index (χ0v) is 17.8. The minimum absolute atomic E-state index is 0.0335. The molecule has 0 spiro atoms. The van der Waals surface area contributed by atoms with Gasteiger partial charge < -0.3 is 15.4 Å². The average Bonchev–Trinajstić information content (AvgIpc) is 3.14. The van der Waals surface area contributed by atoms with E-state index in [-0.39, 0.29) is 28.7 Å². The van der Waals surface area contributed by atoms with E-state index in [4.69, 9.17) is 16.3 Å². The largest absolute Gasteiger partial charge is 0.495 e. The number of rotatable bonds is 4. The number of hydrogen-bond acceptors (Lipinski definition) is 7. The fourth-order valence-electron chi connectivity index (χ4n) is 3.23. The van der Waals surface area contributed by atoms with Gasteiger partial charge in [-0.3, -0.25) is 9.79 Å². The van der Waals surface area contributed by atoms with Gasteiger partial charge in [-0.2, -0.15) is 0 Å². The molecule has 2 N–H and O–H groups in total. The van der Waals surface area contributed by atoms with Gasteiger partial charge in [0, 0.05) is 22.2 Å². The normalized spacial score (nSPS) is 21.9. The smallest absolute Gasteiger partial charge is 0.255 e. The van der Waals surface area contributed by atoms with Crippen LogP contribution >= 0.6 is 23.4 Å². The number of nitrogens with zero attached hydrogens (tertiary/aromatic N) is 1. The maximum Gasteiger partial charge on any atom is 0.255 e. The average molecular weight is 452 g/mol. The molecule has 0 bridgehead atoms. The van der Waals surface area contributed by atoms with Gasteiger partial charge in [0.2, 0.25) is 0 Å². The first kappa shape index (κ1) is 20.1. The highest BCUT2D eigenvalue weighted by atomic mass is 35.5. The number of amides is 1. The first-order valence-corrected chi connectivity index (χ1v) is 11.9. The first-order valence-electron chi connectivity index (χ1n) is 8.80. The lowest BCUT2D eigenvalue weighted by Crippen LogP contribution is -2.14. The highest BCUT2D eigenvalue weighted by Crippen LogP contribution is 2.34. The Kier molecular flexibility index (Phi) is 5.46. The van der Waals surface area contributed by atoms with Gasteiger partial charge in [-0.1, -0.05) is 29.4 Å². The van der Waals surface area contributed by atoms with Crippen molar-refractivity contribution in [3.8, 4) is 5.75 Å². The summed E-state index contributed by atoms with van der Waals surface area (Å²) in [6, 6.07) is 11.8. The quantitative estimate of drug-likeness (QED) is 0.740. The van der Waals surface area contributed by atoms with Crippen LogP contribution in [0.2, 0.25) is 5.02 Å². The summed E-state index contributed by atoms with van der Waals surface area (Å²) in [5, 5.41) is 7.03. The van der Waals surface area contributed by atoms with Crippen molar-refractivity contribution < 1.29 is 17.9 Å². The first-order chi connectivity index (χ1) is 13.8. The van der Waals surface area contributed by atoms with Crippen LogP contribution in [0, 0.1) is 0 Å². The Labute approximate surface area is 177 Å². The van der Waals surface area contributed by atoms with Crippen LogP contribution in [0.5, 0.6) is 5.75 Å². The number of fused-ring (bicyclic) bond motifs is 1.